The topological polar surface area (TPSA) is 107 Å². The van der Waals surface area contributed by atoms with Crippen molar-refractivity contribution in [3.63, 3.8) is 0 Å². The molecular weight excluding hydrogens is 454 g/mol. The van der Waals surface area contributed by atoms with Gasteiger partial charge in [0.05, 0.1) is 29.7 Å². The molecule has 0 unspecified atom stereocenters. The highest BCUT2D eigenvalue weighted by Crippen LogP contribution is 2.36. The molecule has 0 saturated carbocycles. The number of hydrogen-bond donors (Lipinski definition) is 2. The Morgan fingerprint density at radius 2 is 1.91 bits per heavy atom. The van der Waals surface area contributed by atoms with Gasteiger partial charge in [0.15, 0.2) is 16.6 Å². The van der Waals surface area contributed by atoms with Crippen LogP contribution >= 0.6 is 11.3 Å². The lowest BCUT2D eigenvalue weighted by atomic mass is 10.2. The van der Waals surface area contributed by atoms with Crippen LogP contribution in [0.5, 0.6) is 0 Å². The Morgan fingerprint density at radius 3 is 2.65 bits per heavy atom. The van der Waals surface area contributed by atoms with Gasteiger partial charge in [-0.15, -0.1) is 0 Å². The van der Waals surface area contributed by atoms with Crippen LogP contribution in [0.25, 0.3) is 10.3 Å². The lowest BCUT2D eigenvalue weighted by molar-refractivity contribution is 0.102. The average molecular weight is 482 g/mol. The van der Waals surface area contributed by atoms with E-state index in [0.717, 1.165) is 54.8 Å². The van der Waals surface area contributed by atoms with Crippen molar-refractivity contribution in [3.8, 4) is 0 Å². The molecule has 3 aliphatic heterocycles. The van der Waals surface area contributed by atoms with Crippen molar-refractivity contribution >= 4 is 50.0 Å². The van der Waals surface area contributed by atoms with Crippen molar-refractivity contribution in [3.05, 3.63) is 30.0 Å². The SMILES string of the molecule is O=C(Nc1cc2sc(N3CCOCC3)nc2nc1N1CCC1)c1cccc(N2CC[C@H](O)C2)n1. The van der Waals surface area contributed by atoms with Crippen molar-refractivity contribution in [2.75, 3.05) is 72.5 Å². The molecule has 178 valence electrons. The van der Waals surface area contributed by atoms with Gasteiger partial charge in [-0.05, 0) is 31.0 Å². The first-order valence-electron chi connectivity index (χ1n) is 11.7. The number of nitrogens with zero attached hydrogens (tertiary/aromatic N) is 6. The molecule has 0 spiro atoms. The van der Waals surface area contributed by atoms with E-state index in [1.54, 1.807) is 17.4 Å². The number of carbonyl (C=O) groups is 1. The van der Waals surface area contributed by atoms with Crippen molar-refractivity contribution in [2.24, 2.45) is 0 Å². The fourth-order valence-electron chi connectivity index (χ4n) is 4.46. The number of β-amino-alcohol motifs (C(OH)–C–C–N with tert-alkyl or cyclic N) is 1. The third-order valence-electron chi connectivity index (χ3n) is 6.49. The van der Waals surface area contributed by atoms with Crippen LogP contribution in [0.4, 0.5) is 22.5 Å². The first-order chi connectivity index (χ1) is 16.6. The van der Waals surface area contributed by atoms with E-state index in [4.69, 9.17) is 14.7 Å². The molecule has 3 aliphatic rings. The fourth-order valence-corrected chi connectivity index (χ4v) is 5.46. The van der Waals surface area contributed by atoms with Crippen LogP contribution < -0.4 is 20.0 Å². The molecule has 6 rings (SSSR count). The highest BCUT2D eigenvalue weighted by Gasteiger charge is 2.25. The maximum Gasteiger partial charge on any atom is 0.274 e. The van der Waals surface area contributed by atoms with Crippen molar-refractivity contribution in [2.45, 2.75) is 18.9 Å². The van der Waals surface area contributed by atoms with E-state index in [1.807, 2.05) is 23.1 Å². The minimum absolute atomic E-state index is 0.276. The largest absolute Gasteiger partial charge is 0.391 e. The van der Waals surface area contributed by atoms with Crippen molar-refractivity contribution in [1.82, 2.24) is 15.0 Å². The minimum atomic E-state index is -0.349. The second-order valence-corrected chi connectivity index (χ2v) is 9.85. The number of nitrogens with one attached hydrogen (secondary N) is 1. The van der Waals surface area contributed by atoms with Gasteiger partial charge in [0.2, 0.25) is 0 Å². The molecule has 6 heterocycles. The van der Waals surface area contributed by atoms with E-state index in [0.29, 0.717) is 49.0 Å². The van der Waals surface area contributed by atoms with Gasteiger partial charge in [-0.25, -0.2) is 9.97 Å². The molecular formula is C23H27N7O3S. The van der Waals surface area contributed by atoms with E-state index < -0.39 is 0 Å². The van der Waals surface area contributed by atoms with Crippen LogP contribution in [-0.2, 0) is 4.74 Å². The first-order valence-corrected chi connectivity index (χ1v) is 12.6. The monoisotopic (exact) mass is 481 g/mol. The van der Waals surface area contributed by atoms with Gasteiger partial charge in [-0.3, -0.25) is 4.79 Å². The molecule has 1 atom stereocenters. The maximum atomic E-state index is 13.2. The Labute approximate surface area is 201 Å². The molecule has 10 nitrogen and oxygen atoms in total. The van der Waals surface area contributed by atoms with E-state index in [1.165, 1.54) is 0 Å². The number of anilines is 4. The van der Waals surface area contributed by atoms with Gasteiger partial charge in [0.1, 0.15) is 11.5 Å². The van der Waals surface area contributed by atoms with Gasteiger partial charge in [-0.1, -0.05) is 17.4 Å². The van der Waals surface area contributed by atoms with Crippen LogP contribution in [-0.4, -0.2) is 84.6 Å². The summed E-state index contributed by atoms with van der Waals surface area (Å²) in [5, 5.41) is 13.8. The van der Waals surface area contributed by atoms with Crippen LogP contribution in [0.2, 0.25) is 0 Å². The molecule has 1 amide bonds. The molecule has 0 aromatic carbocycles. The van der Waals surface area contributed by atoms with Crippen LogP contribution in [0.1, 0.15) is 23.3 Å². The molecule has 11 heteroatoms. The van der Waals surface area contributed by atoms with E-state index >= 15 is 0 Å². The van der Waals surface area contributed by atoms with Crippen LogP contribution in [0.3, 0.4) is 0 Å². The van der Waals surface area contributed by atoms with E-state index in [-0.39, 0.29) is 12.0 Å². The smallest absolute Gasteiger partial charge is 0.274 e. The molecule has 3 aromatic heterocycles. The minimum Gasteiger partial charge on any atom is -0.391 e. The number of rotatable bonds is 5. The lowest BCUT2D eigenvalue weighted by Crippen LogP contribution is -2.38. The number of aromatic nitrogens is 3. The summed E-state index contributed by atoms with van der Waals surface area (Å²) >= 11 is 1.59. The Bertz CT molecular complexity index is 1210. The number of fused-ring (bicyclic) bond motifs is 1. The van der Waals surface area contributed by atoms with Gasteiger partial charge in [-0.2, -0.15) is 4.98 Å². The molecule has 0 bridgehead atoms. The molecule has 34 heavy (non-hydrogen) atoms. The second kappa shape index (κ2) is 8.97. The summed E-state index contributed by atoms with van der Waals surface area (Å²) in [6, 6.07) is 7.40. The molecule has 2 N–H and O–H groups in total. The number of thiazole rings is 1. The Balaban J connectivity index is 1.28. The standard InChI is InChI=1S/C23H27N7O3S/c31-15-5-8-30(14-15)19-4-1-3-16(24-19)22(32)25-17-13-18-20(26-21(17)28-6-2-7-28)27-23(34-18)29-9-11-33-12-10-29/h1,3-4,13,15,31H,2,5-12,14H2,(H,25,32)/t15-/m0/s1. The lowest BCUT2D eigenvalue weighted by Gasteiger charge is -2.33. The summed E-state index contributed by atoms with van der Waals surface area (Å²) in [6.07, 6.45) is 1.47. The summed E-state index contributed by atoms with van der Waals surface area (Å²) in [5.41, 5.74) is 1.73. The van der Waals surface area contributed by atoms with Crippen molar-refractivity contribution in [1.29, 1.82) is 0 Å². The number of aliphatic hydroxyl groups excluding tert-OH is 1. The Morgan fingerprint density at radius 1 is 1.06 bits per heavy atom. The van der Waals surface area contributed by atoms with Crippen molar-refractivity contribution < 1.29 is 14.6 Å². The summed E-state index contributed by atoms with van der Waals surface area (Å²) in [5.74, 6) is 1.19. The van der Waals surface area contributed by atoms with Gasteiger partial charge in [0, 0.05) is 39.3 Å². The quantitative estimate of drug-likeness (QED) is 0.565. The molecule has 0 radical (unpaired) electrons. The first kappa shape index (κ1) is 21.5. The molecule has 3 fully saturated rings. The number of morpholine rings is 1. The predicted octanol–water partition coefficient (Wildman–Crippen LogP) is 1.96. The number of pyridine rings is 2. The van der Waals surface area contributed by atoms with Crippen LogP contribution in [0.15, 0.2) is 24.3 Å². The number of aliphatic hydroxyl groups is 1. The molecule has 3 aromatic rings. The van der Waals surface area contributed by atoms with Gasteiger partial charge < -0.3 is 29.9 Å². The summed E-state index contributed by atoms with van der Waals surface area (Å²) < 4.78 is 6.40. The number of ether oxygens (including phenoxy) is 1. The summed E-state index contributed by atoms with van der Waals surface area (Å²) in [4.78, 5) is 33.8. The second-order valence-electron chi connectivity index (χ2n) is 8.84. The predicted molar refractivity (Wildman–Crippen MR) is 132 cm³/mol. The summed E-state index contributed by atoms with van der Waals surface area (Å²) in [7, 11) is 0. The molecule has 0 aliphatic carbocycles. The Kier molecular flexibility index (Phi) is 5.67. The van der Waals surface area contributed by atoms with Gasteiger partial charge >= 0.3 is 0 Å². The normalized spacial score (nSPS) is 20.6. The Hall–Kier alpha value is -3.02. The number of hydrogen-bond acceptors (Lipinski definition) is 10. The number of carbonyl (C=O) groups excluding carboxylic acids is 1. The molecule has 3 saturated heterocycles. The number of amides is 1. The average Bonchev–Trinajstić information content (AvgIpc) is 3.45. The fraction of sp³-hybridized carbons (Fsp3) is 0.478. The van der Waals surface area contributed by atoms with E-state index in [9.17, 15) is 9.90 Å². The zero-order valence-corrected chi connectivity index (χ0v) is 19.6. The highest BCUT2D eigenvalue weighted by atomic mass is 32.1. The maximum absolute atomic E-state index is 13.2. The zero-order chi connectivity index (χ0) is 23.1. The van der Waals surface area contributed by atoms with Gasteiger partial charge in [0.25, 0.3) is 5.91 Å². The van der Waals surface area contributed by atoms with Crippen LogP contribution in [0, 0.1) is 0 Å². The summed E-state index contributed by atoms with van der Waals surface area (Å²) in [6.45, 7) is 6.12. The van der Waals surface area contributed by atoms with E-state index in [2.05, 4.69) is 20.1 Å². The third kappa shape index (κ3) is 4.15. The highest BCUT2D eigenvalue weighted by molar-refractivity contribution is 7.22. The zero-order valence-electron chi connectivity index (χ0n) is 18.8. The third-order valence-corrected chi connectivity index (χ3v) is 7.54.